The number of anilines is 1. The molecule has 2 N–H and O–H groups in total. The highest BCUT2D eigenvalue weighted by Gasteiger charge is 2.32. The number of aromatic nitrogens is 1. The summed E-state index contributed by atoms with van der Waals surface area (Å²) < 4.78 is 39.2. The van der Waals surface area contributed by atoms with Gasteiger partial charge in [0, 0.05) is 19.7 Å². The van der Waals surface area contributed by atoms with Crippen molar-refractivity contribution < 1.29 is 13.2 Å². The van der Waals surface area contributed by atoms with Gasteiger partial charge in [0.1, 0.15) is 5.82 Å². The first kappa shape index (κ1) is 16.8. The van der Waals surface area contributed by atoms with Crippen LogP contribution in [0.4, 0.5) is 19.0 Å². The summed E-state index contributed by atoms with van der Waals surface area (Å²) in [6, 6.07) is 8.98. The molecule has 1 heterocycles. The molecule has 122 valence electrons. The summed E-state index contributed by atoms with van der Waals surface area (Å²) in [5.41, 5.74) is 1.57. The summed E-state index contributed by atoms with van der Waals surface area (Å²) in [6.07, 6.45) is -4.43. The highest BCUT2D eigenvalue weighted by atomic mass is 19.4. The number of benzene rings is 1. The second-order valence-corrected chi connectivity index (χ2v) is 5.28. The lowest BCUT2D eigenvalue weighted by atomic mass is 10.0. The molecule has 0 fully saturated rings. The number of halogens is 3. The predicted octanol–water partition coefficient (Wildman–Crippen LogP) is 3.52. The molecule has 7 heteroatoms. The predicted molar refractivity (Wildman–Crippen MR) is 85.4 cm³/mol. The Bertz CT molecular complexity index is 719. The first-order chi connectivity index (χ1) is 10.7. The normalized spacial score (nSPS) is 12.3. The van der Waals surface area contributed by atoms with Gasteiger partial charge >= 0.3 is 6.18 Å². The lowest BCUT2D eigenvalue weighted by Gasteiger charge is -2.16. The first-order valence-corrected chi connectivity index (χ1v) is 6.84. The Morgan fingerprint density at radius 1 is 1.13 bits per heavy atom. The van der Waals surface area contributed by atoms with Gasteiger partial charge in [0.15, 0.2) is 0 Å². The highest BCUT2D eigenvalue weighted by molar-refractivity contribution is 5.98. The maximum atomic E-state index is 13.1. The maximum absolute atomic E-state index is 13.1. The monoisotopic (exact) mass is 322 g/mol. The fraction of sp³-hybridized carbons (Fsp3) is 0.250. The smallest absolute Gasteiger partial charge is 0.363 e. The van der Waals surface area contributed by atoms with Crippen molar-refractivity contribution >= 4 is 11.5 Å². The molecule has 0 amide bonds. The molecule has 1 aromatic heterocycles. The van der Waals surface area contributed by atoms with Crippen molar-refractivity contribution in [2.24, 2.45) is 10.9 Å². The molecular formula is C16H17F3N4. The van der Waals surface area contributed by atoms with Crippen LogP contribution in [0.2, 0.25) is 0 Å². The Labute approximate surface area is 132 Å². The molecular weight excluding hydrogens is 305 g/mol. The van der Waals surface area contributed by atoms with Crippen molar-refractivity contribution in [1.29, 1.82) is 0 Å². The van der Waals surface area contributed by atoms with E-state index in [1.54, 1.807) is 50.2 Å². The molecule has 0 saturated heterocycles. The van der Waals surface area contributed by atoms with E-state index in [-0.39, 0.29) is 11.5 Å². The van der Waals surface area contributed by atoms with Gasteiger partial charge in [-0.15, -0.1) is 0 Å². The van der Waals surface area contributed by atoms with Crippen LogP contribution in [-0.2, 0) is 6.18 Å². The zero-order valence-electron chi connectivity index (χ0n) is 13.0. The Morgan fingerprint density at radius 3 is 2.22 bits per heavy atom. The number of hydrazone groups is 1. The Morgan fingerprint density at radius 2 is 1.74 bits per heavy atom. The third-order valence-electron chi connectivity index (χ3n) is 3.39. The van der Waals surface area contributed by atoms with Gasteiger partial charge < -0.3 is 10.7 Å². The summed E-state index contributed by atoms with van der Waals surface area (Å²) >= 11 is 0. The minimum absolute atomic E-state index is 0.249. The molecule has 0 aliphatic rings. The molecule has 0 saturated carbocycles. The Hall–Kier alpha value is -2.57. The van der Waals surface area contributed by atoms with E-state index in [1.165, 1.54) is 0 Å². The minimum Gasteiger partial charge on any atom is -0.363 e. The number of nitrogens with two attached hydrogens (primary N) is 1. The number of alkyl halides is 3. The minimum atomic E-state index is -4.43. The van der Waals surface area contributed by atoms with E-state index in [2.05, 4.69) is 10.1 Å². The van der Waals surface area contributed by atoms with Crippen LogP contribution in [0, 0.1) is 0 Å². The maximum Gasteiger partial charge on any atom is 0.416 e. The number of pyridine rings is 1. The van der Waals surface area contributed by atoms with Gasteiger partial charge in [0.25, 0.3) is 0 Å². The van der Waals surface area contributed by atoms with Gasteiger partial charge in [-0.3, -0.25) is 0 Å². The van der Waals surface area contributed by atoms with E-state index in [4.69, 9.17) is 5.84 Å². The van der Waals surface area contributed by atoms with E-state index in [1.807, 2.05) is 0 Å². The summed E-state index contributed by atoms with van der Waals surface area (Å²) in [5.74, 6) is 5.47. The molecule has 0 bridgehead atoms. The number of hydrogen-bond donors (Lipinski definition) is 1. The van der Waals surface area contributed by atoms with Gasteiger partial charge in [-0.25, -0.2) is 4.98 Å². The first-order valence-electron chi connectivity index (χ1n) is 6.84. The average molecular weight is 322 g/mol. The molecule has 2 rings (SSSR count). The highest BCUT2D eigenvalue weighted by Crippen LogP contribution is 2.33. The van der Waals surface area contributed by atoms with Gasteiger partial charge in [-0.05, 0) is 24.6 Å². The number of rotatable bonds is 3. The van der Waals surface area contributed by atoms with Crippen LogP contribution in [0.1, 0.15) is 18.1 Å². The van der Waals surface area contributed by atoms with Crippen molar-refractivity contribution in [2.45, 2.75) is 13.1 Å². The summed E-state index contributed by atoms with van der Waals surface area (Å²) in [5, 5.41) is 3.59. The molecule has 0 unspecified atom stereocenters. The quantitative estimate of drug-likeness (QED) is 0.534. The summed E-state index contributed by atoms with van der Waals surface area (Å²) in [7, 11) is 3.30. The van der Waals surface area contributed by atoms with Crippen molar-refractivity contribution in [1.82, 2.24) is 4.98 Å². The second-order valence-electron chi connectivity index (χ2n) is 5.28. The molecule has 2 aromatic rings. The van der Waals surface area contributed by atoms with Crippen molar-refractivity contribution in [2.75, 3.05) is 19.0 Å². The van der Waals surface area contributed by atoms with E-state index < -0.39 is 11.7 Å². The molecule has 1 aromatic carbocycles. The molecule has 0 aliphatic heterocycles. The summed E-state index contributed by atoms with van der Waals surface area (Å²) in [4.78, 5) is 5.82. The molecule has 0 radical (unpaired) electrons. The van der Waals surface area contributed by atoms with Crippen LogP contribution in [-0.4, -0.2) is 24.8 Å². The Kier molecular flexibility index (Phi) is 4.58. The SMILES string of the molecule is C/C(=N/N)c1ccc(-c2cc(C(F)(F)F)cc(N(C)C)n2)cc1. The third-order valence-corrected chi connectivity index (χ3v) is 3.39. The van der Waals surface area contributed by atoms with Crippen LogP contribution in [0.15, 0.2) is 41.5 Å². The van der Waals surface area contributed by atoms with Gasteiger partial charge in [-0.1, -0.05) is 24.3 Å². The second kappa shape index (κ2) is 6.28. The molecule has 23 heavy (non-hydrogen) atoms. The largest absolute Gasteiger partial charge is 0.416 e. The molecule has 0 aliphatic carbocycles. The molecule has 0 spiro atoms. The topological polar surface area (TPSA) is 54.5 Å². The fourth-order valence-electron chi connectivity index (χ4n) is 2.01. The van der Waals surface area contributed by atoms with Crippen LogP contribution < -0.4 is 10.7 Å². The zero-order valence-corrected chi connectivity index (χ0v) is 13.0. The average Bonchev–Trinajstić information content (AvgIpc) is 2.53. The fourth-order valence-corrected chi connectivity index (χ4v) is 2.01. The number of nitrogens with zero attached hydrogens (tertiary/aromatic N) is 3. The molecule has 4 nitrogen and oxygen atoms in total. The van der Waals surface area contributed by atoms with E-state index in [0.717, 1.165) is 17.7 Å². The van der Waals surface area contributed by atoms with Crippen molar-refractivity contribution in [3.05, 3.63) is 47.5 Å². The number of hydrogen-bond acceptors (Lipinski definition) is 4. The van der Waals surface area contributed by atoms with Crippen molar-refractivity contribution in [3.63, 3.8) is 0 Å². The van der Waals surface area contributed by atoms with E-state index in [0.29, 0.717) is 11.3 Å². The summed E-state index contributed by atoms with van der Waals surface area (Å²) in [6.45, 7) is 1.75. The van der Waals surface area contributed by atoms with Crippen LogP contribution in [0.5, 0.6) is 0 Å². The zero-order chi connectivity index (χ0) is 17.2. The van der Waals surface area contributed by atoms with E-state index >= 15 is 0 Å². The van der Waals surface area contributed by atoms with Crippen LogP contribution >= 0.6 is 0 Å². The van der Waals surface area contributed by atoms with Crippen LogP contribution in [0.3, 0.4) is 0 Å². The Balaban J connectivity index is 2.52. The third kappa shape index (κ3) is 3.80. The lowest BCUT2D eigenvalue weighted by molar-refractivity contribution is -0.137. The van der Waals surface area contributed by atoms with E-state index in [9.17, 15) is 13.2 Å². The van der Waals surface area contributed by atoms with Gasteiger partial charge in [0.05, 0.1) is 17.0 Å². The standard InChI is InChI=1S/C16H17F3N4/c1-10(22-20)11-4-6-12(7-5-11)14-8-13(16(17,18)19)9-15(21-14)23(2)3/h4-9H,20H2,1-3H3/b22-10-. The van der Waals surface area contributed by atoms with Gasteiger partial charge in [0.2, 0.25) is 0 Å². The molecule has 0 atom stereocenters. The lowest BCUT2D eigenvalue weighted by Crippen LogP contribution is -2.14. The van der Waals surface area contributed by atoms with Crippen molar-refractivity contribution in [3.8, 4) is 11.3 Å². The van der Waals surface area contributed by atoms with Crippen LogP contribution in [0.25, 0.3) is 11.3 Å². The van der Waals surface area contributed by atoms with Gasteiger partial charge in [-0.2, -0.15) is 18.3 Å².